The van der Waals surface area contributed by atoms with Crippen molar-refractivity contribution in [3.8, 4) is 11.5 Å². The van der Waals surface area contributed by atoms with E-state index in [1.54, 1.807) is 42.5 Å². The topological polar surface area (TPSA) is 59.1 Å². The Morgan fingerprint density at radius 2 is 1.58 bits per heavy atom. The number of hydrogen-bond acceptors (Lipinski definition) is 5. The summed E-state index contributed by atoms with van der Waals surface area (Å²) < 4.78 is 11.3. The lowest BCUT2D eigenvalue weighted by Crippen LogP contribution is -2.35. The van der Waals surface area contributed by atoms with Gasteiger partial charge in [-0.25, -0.2) is 4.90 Å². The third kappa shape index (κ3) is 3.17. The lowest BCUT2D eigenvalue weighted by atomic mass is 10.0. The molecule has 0 atom stereocenters. The minimum atomic E-state index is -0.376. The molecule has 3 aromatic carbocycles. The predicted molar refractivity (Wildman–Crippen MR) is 126 cm³/mol. The molecule has 0 radical (unpaired) electrons. The maximum atomic E-state index is 13.8. The number of carbonyl (C=O) groups is 2. The Labute approximate surface area is 195 Å². The van der Waals surface area contributed by atoms with Gasteiger partial charge in [0.2, 0.25) is 0 Å². The average Bonchev–Trinajstić information content (AvgIpc) is 3.37. The molecular weight excluding hydrogens is 440 g/mol. The van der Waals surface area contributed by atoms with Crippen LogP contribution in [0.1, 0.15) is 11.1 Å². The van der Waals surface area contributed by atoms with Gasteiger partial charge in [0, 0.05) is 23.3 Å². The van der Waals surface area contributed by atoms with Crippen molar-refractivity contribution >= 4 is 40.4 Å². The monoisotopic (exact) mass is 458 g/mol. The molecular formula is C26H19ClN2O4. The Hall–Kier alpha value is -3.77. The van der Waals surface area contributed by atoms with Crippen molar-refractivity contribution in [2.75, 3.05) is 29.6 Å². The Morgan fingerprint density at radius 3 is 2.39 bits per heavy atom. The maximum Gasteiger partial charge on any atom is 0.282 e. The van der Waals surface area contributed by atoms with Crippen LogP contribution in [0.5, 0.6) is 11.5 Å². The number of carbonyl (C=O) groups excluding carboxylic acids is 2. The number of halogens is 1. The molecule has 0 bridgehead atoms. The van der Waals surface area contributed by atoms with Crippen LogP contribution in [0.15, 0.2) is 72.4 Å². The van der Waals surface area contributed by atoms with Crippen LogP contribution < -0.4 is 19.3 Å². The van der Waals surface area contributed by atoms with Gasteiger partial charge in [0.05, 0.1) is 11.3 Å². The van der Waals surface area contributed by atoms with Crippen molar-refractivity contribution in [2.24, 2.45) is 0 Å². The highest BCUT2D eigenvalue weighted by Gasteiger charge is 2.44. The Balaban J connectivity index is 1.49. The smallest absolute Gasteiger partial charge is 0.282 e. The van der Waals surface area contributed by atoms with E-state index >= 15 is 0 Å². The van der Waals surface area contributed by atoms with Crippen LogP contribution in [0.2, 0.25) is 5.02 Å². The number of para-hydroxylation sites is 1. The fourth-order valence-corrected chi connectivity index (χ4v) is 4.75. The van der Waals surface area contributed by atoms with Gasteiger partial charge >= 0.3 is 0 Å². The van der Waals surface area contributed by atoms with Crippen molar-refractivity contribution in [2.45, 2.75) is 6.42 Å². The Kier molecular flexibility index (Phi) is 4.62. The Bertz CT molecular complexity index is 1330. The number of anilines is 2. The fourth-order valence-electron chi connectivity index (χ4n) is 4.62. The van der Waals surface area contributed by atoms with Gasteiger partial charge in [0.1, 0.15) is 18.9 Å². The molecule has 2 amide bonds. The van der Waals surface area contributed by atoms with Crippen molar-refractivity contribution in [3.63, 3.8) is 0 Å². The van der Waals surface area contributed by atoms with Gasteiger partial charge in [-0.15, -0.1) is 0 Å². The molecule has 6 nitrogen and oxygen atoms in total. The summed E-state index contributed by atoms with van der Waals surface area (Å²) in [4.78, 5) is 30.8. The normalized spacial score (nSPS) is 17.1. The summed E-state index contributed by atoms with van der Waals surface area (Å²) in [7, 11) is 0. The highest BCUT2D eigenvalue weighted by Crippen LogP contribution is 2.42. The summed E-state index contributed by atoms with van der Waals surface area (Å²) in [5, 5.41) is 0.563. The highest BCUT2D eigenvalue weighted by atomic mass is 35.5. The van der Waals surface area contributed by atoms with Crippen LogP contribution in [0, 0.1) is 0 Å². The second-order valence-corrected chi connectivity index (χ2v) is 8.47. The van der Waals surface area contributed by atoms with Crippen LogP contribution in [0.25, 0.3) is 5.57 Å². The third-order valence-corrected chi connectivity index (χ3v) is 6.39. The van der Waals surface area contributed by atoms with E-state index in [1.807, 2.05) is 23.1 Å². The van der Waals surface area contributed by atoms with E-state index in [0.29, 0.717) is 58.8 Å². The van der Waals surface area contributed by atoms with Crippen LogP contribution in [0.3, 0.4) is 0 Å². The largest absolute Gasteiger partial charge is 0.486 e. The van der Waals surface area contributed by atoms with Gasteiger partial charge in [-0.2, -0.15) is 0 Å². The van der Waals surface area contributed by atoms with Gasteiger partial charge in [0.15, 0.2) is 11.5 Å². The van der Waals surface area contributed by atoms with Crippen LogP contribution >= 0.6 is 11.6 Å². The van der Waals surface area contributed by atoms with E-state index in [9.17, 15) is 9.59 Å². The fraction of sp³-hybridized carbons (Fsp3) is 0.154. The third-order valence-electron chi connectivity index (χ3n) is 6.13. The molecule has 0 aromatic heterocycles. The van der Waals surface area contributed by atoms with Crippen molar-refractivity contribution in [3.05, 3.63) is 88.6 Å². The summed E-state index contributed by atoms with van der Waals surface area (Å²) >= 11 is 6.09. The lowest BCUT2D eigenvalue weighted by Gasteiger charge is -2.23. The number of hydrogen-bond donors (Lipinski definition) is 0. The van der Waals surface area contributed by atoms with Gasteiger partial charge in [-0.1, -0.05) is 41.9 Å². The molecule has 33 heavy (non-hydrogen) atoms. The average molecular weight is 459 g/mol. The van der Waals surface area contributed by atoms with E-state index in [2.05, 4.69) is 6.07 Å². The summed E-state index contributed by atoms with van der Waals surface area (Å²) in [6.45, 7) is 1.51. The molecule has 0 unspecified atom stereocenters. The number of rotatable bonds is 3. The molecule has 0 fully saturated rings. The molecule has 0 N–H and O–H groups in total. The van der Waals surface area contributed by atoms with E-state index in [1.165, 1.54) is 4.90 Å². The molecule has 0 saturated heterocycles. The summed E-state index contributed by atoms with van der Waals surface area (Å²) in [6.07, 6.45) is 0.805. The standard InChI is InChI=1S/C26H19ClN2O4/c27-18-7-5-17(6-8-18)23-24(28-12-11-16-3-1-2-4-20(16)28)26(31)29(25(23)30)19-9-10-21-22(15-19)33-14-13-32-21/h1-10,15H,11-14H2. The quantitative estimate of drug-likeness (QED) is 0.542. The molecule has 3 aliphatic heterocycles. The summed E-state index contributed by atoms with van der Waals surface area (Å²) in [6, 6.07) is 20.1. The highest BCUT2D eigenvalue weighted by molar-refractivity contribution is 6.46. The van der Waals surface area contributed by atoms with Crippen molar-refractivity contribution in [1.29, 1.82) is 0 Å². The van der Waals surface area contributed by atoms with Crippen molar-refractivity contribution < 1.29 is 19.1 Å². The Morgan fingerprint density at radius 1 is 0.818 bits per heavy atom. The zero-order valence-corrected chi connectivity index (χ0v) is 18.3. The number of ether oxygens (including phenoxy) is 2. The molecule has 164 valence electrons. The summed E-state index contributed by atoms with van der Waals surface area (Å²) in [5.41, 5.74) is 3.94. The van der Waals surface area contributed by atoms with Gasteiger partial charge in [-0.05, 0) is 47.9 Å². The first-order valence-corrected chi connectivity index (χ1v) is 11.1. The zero-order valence-electron chi connectivity index (χ0n) is 17.6. The first kappa shape index (κ1) is 19.9. The molecule has 3 aliphatic rings. The summed E-state index contributed by atoms with van der Waals surface area (Å²) in [5.74, 6) is 0.382. The molecule has 3 aromatic rings. The van der Waals surface area contributed by atoms with E-state index in [0.717, 1.165) is 17.7 Å². The number of nitrogens with zero attached hydrogens (tertiary/aromatic N) is 2. The van der Waals surface area contributed by atoms with Gasteiger partial charge in [-0.3, -0.25) is 9.59 Å². The molecule has 7 heteroatoms. The first-order valence-electron chi connectivity index (χ1n) is 10.8. The molecule has 6 rings (SSSR count). The van der Waals surface area contributed by atoms with E-state index in [-0.39, 0.29) is 11.8 Å². The van der Waals surface area contributed by atoms with Crippen LogP contribution in [-0.2, 0) is 16.0 Å². The SMILES string of the molecule is O=C1C(c2ccc(Cl)cc2)=C(N2CCc3ccccc32)C(=O)N1c1ccc2c(c1)OCCO2. The van der Waals surface area contributed by atoms with Crippen LogP contribution in [0.4, 0.5) is 11.4 Å². The lowest BCUT2D eigenvalue weighted by molar-refractivity contribution is -0.120. The number of benzene rings is 3. The molecule has 3 heterocycles. The zero-order chi connectivity index (χ0) is 22.5. The molecule has 0 spiro atoms. The van der Waals surface area contributed by atoms with Gasteiger partial charge in [0.25, 0.3) is 11.8 Å². The minimum Gasteiger partial charge on any atom is -0.486 e. The first-order chi connectivity index (χ1) is 16.1. The number of fused-ring (bicyclic) bond motifs is 2. The maximum absolute atomic E-state index is 13.8. The molecule has 0 saturated carbocycles. The minimum absolute atomic E-state index is 0.363. The van der Waals surface area contributed by atoms with E-state index in [4.69, 9.17) is 21.1 Å². The van der Waals surface area contributed by atoms with Crippen LogP contribution in [-0.4, -0.2) is 31.6 Å². The predicted octanol–water partition coefficient (Wildman–Crippen LogP) is 4.46. The number of amides is 2. The van der Waals surface area contributed by atoms with E-state index < -0.39 is 0 Å². The second-order valence-electron chi connectivity index (χ2n) is 8.03. The second kappa shape index (κ2) is 7.67. The van der Waals surface area contributed by atoms with Gasteiger partial charge < -0.3 is 14.4 Å². The van der Waals surface area contributed by atoms with Crippen molar-refractivity contribution in [1.82, 2.24) is 0 Å². The molecule has 0 aliphatic carbocycles. The number of imide groups is 1.